The molecule has 1 N–H and O–H groups in total. The standard InChI is InChI=1S/C15H15NO3S/c1-11-5-3-7-14(9-11)16-20(18,19)15-8-4-6-13(10-15)12(2)17/h3-10,16H,1-2H3. The van der Waals surface area contributed by atoms with Crippen LogP contribution in [0.25, 0.3) is 0 Å². The first-order valence-electron chi connectivity index (χ1n) is 6.09. The number of hydrogen-bond acceptors (Lipinski definition) is 3. The topological polar surface area (TPSA) is 63.2 Å². The minimum Gasteiger partial charge on any atom is -0.295 e. The fourth-order valence-corrected chi connectivity index (χ4v) is 2.90. The molecular formula is C15H15NO3S. The van der Waals surface area contributed by atoms with Gasteiger partial charge in [0, 0.05) is 11.3 Å². The maximum atomic E-state index is 12.3. The molecule has 0 aliphatic carbocycles. The number of anilines is 1. The van der Waals surface area contributed by atoms with Crippen LogP contribution in [0.2, 0.25) is 0 Å². The summed E-state index contributed by atoms with van der Waals surface area (Å²) in [6, 6.07) is 13.1. The third-order valence-corrected chi connectivity index (χ3v) is 4.20. The molecule has 2 aromatic rings. The van der Waals surface area contributed by atoms with Gasteiger partial charge in [-0.2, -0.15) is 0 Å². The number of aryl methyl sites for hydroxylation is 1. The molecule has 20 heavy (non-hydrogen) atoms. The highest BCUT2D eigenvalue weighted by Gasteiger charge is 2.15. The molecule has 0 atom stereocenters. The number of nitrogens with one attached hydrogen (secondary N) is 1. The van der Waals surface area contributed by atoms with Crippen molar-refractivity contribution < 1.29 is 13.2 Å². The lowest BCUT2D eigenvalue weighted by atomic mass is 10.2. The van der Waals surface area contributed by atoms with E-state index in [4.69, 9.17) is 0 Å². The number of Topliss-reactive ketones (excluding diaryl/α,β-unsaturated/α-hetero) is 1. The maximum absolute atomic E-state index is 12.3. The number of rotatable bonds is 4. The van der Waals surface area contributed by atoms with Crippen molar-refractivity contribution >= 4 is 21.5 Å². The van der Waals surface area contributed by atoms with Crippen molar-refractivity contribution in [2.45, 2.75) is 18.7 Å². The van der Waals surface area contributed by atoms with Gasteiger partial charge >= 0.3 is 0 Å². The average molecular weight is 289 g/mol. The summed E-state index contributed by atoms with van der Waals surface area (Å²) in [4.78, 5) is 11.4. The van der Waals surface area contributed by atoms with Crippen molar-refractivity contribution in [3.05, 3.63) is 59.7 Å². The summed E-state index contributed by atoms with van der Waals surface area (Å²) >= 11 is 0. The molecule has 0 spiro atoms. The number of carbonyl (C=O) groups excluding carboxylic acids is 1. The third-order valence-electron chi connectivity index (χ3n) is 2.82. The first-order valence-corrected chi connectivity index (χ1v) is 7.57. The van der Waals surface area contributed by atoms with E-state index in [1.54, 1.807) is 30.3 Å². The van der Waals surface area contributed by atoms with Gasteiger partial charge in [-0.15, -0.1) is 0 Å². The van der Waals surface area contributed by atoms with E-state index < -0.39 is 10.0 Å². The Morgan fingerprint density at radius 2 is 1.75 bits per heavy atom. The van der Waals surface area contributed by atoms with Gasteiger partial charge < -0.3 is 0 Å². The first-order chi connectivity index (χ1) is 9.38. The summed E-state index contributed by atoms with van der Waals surface area (Å²) in [5, 5.41) is 0. The fourth-order valence-electron chi connectivity index (χ4n) is 1.80. The van der Waals surface area contributed by atoms with Crippen LogP contribution in [0.1, 0.15) is 22.8 Å². The van der Waals surface area contributed by atoms with Crippen LogP contribution in [-0.4, -0.2) is 14.2 Å². The molecule has 0 aliphatic heterocycles. The van der Waals surface area contributed by atoms with Crippen molar-refractivity contribution in [1.82, 2.24) is 0 Å². The molecule has 104 valence electrons. The molecule has 2 rings (SSSR count). The second-order valence-corrected chi connectivity index (χ2v) is 6.24. The van der Waals surface area contributed by atoms with Gasteiger partial charge in [-0.1, -0.05) is 24.3 Å². The Labute approximate surface area is 118 Å². The molecule has 0 saturated carbocycles. The predicted octanol–water partition coefficient (Wildman–Crippen LogP) is 3.00. The molecule has 0 aliphatic rings. The Morgan fingerprint density at radius 3 is 2.40 bits per heavy atom. The summed E-state index contributed by atoms with van der Waals surface area (Å²) in [6.45, 7) is 3.29. The third kappa shape index (κ3) is 3.24. The first kappa shape index (κ1) is 14.3. The van der Waals surface area contributed by atoms with E-state index in [1.807, 2.05) is 13.0 Å². The second-order valence-electron chi connectivity index (χ2n) is 4.56. The smallest absolute Gasteiger partial charge is 0.261 e. The lowest BCUT2D eigenvalue weighted by Crippen LogP contribution is -2.13. The molecule has 0 heterocycles. The Bertz CT molecular complexity index is 751. The summed E-state index contributed by atoms with van der Waals surface area (Å²) < 4.78 is 27.0. The number of benzene rings is 2. The average Bonchev–Trinajstić information content (AvgIpc) is 2.38. The molecule has 0 saturated heterocycles. The van der Waals surface area contributed by atoms with Gasteiger partial charge in [0.25, 0.3) is 10.0 Å². The van der Waals surface area contributed by atoms with Crippen molar-refractivity contribution in [2.24, 2.45) is 0 Å². The quantitative estimate of drug-likeness (QED) is 0.880. The van der Waals surface area contributed by atoms with Crippen molar-refractivity contribution in [2.75, 3.05) is 4.72 Å². The molecule has 0 unspecified atom stereocenters. The molecule has 2 aromatic carbocycles. The predicted molar refractivity (Wildman–Crippen MR) is 78.4 cm³/mol. The highest BCUT2D eigenvalue weighted by molar-refractivity contribution is 7.92. The lowest BCUT2D eigenvalue weighted by molar-refractivity contribution is 0.101. The molecule has 0 fully saturated rings. The molecule has 0 amide bonds. The van der Waals surface area contributed by atoms with E-state index in [2.05, 4.69) is 4.72 Å². The number of ketones is 1. The minimum absolute atomic E-state index is 0.0757. The van der Waals surface area contributed by atoms with Gasteiger partial charge in [-0.05, 0) is 43.7 Å². The molecule has 4 nitrogen and oxygen atoms in total. The molecule has 0 bridgehead atoms. The van der Waals surface area contributed by atoms with Gasteiger partial charge in [0.2, 0.25) is 0 Å². The van der Waals surface area contributed by atoms with Gasteiger partial charge in [-0.3, -0.25) is 9.52 Å². The minimum atomic E-state index is -3.69. The molecule has 5 heteroatoms. The Balaban J connectivity index is 2.35. The summed E-state index contributed by atoms with van der Waals surface area (Å²) in [5.41, 5.74) is 1.83. The zero-order valence-electron chi connectivity index (χ0n) is 11.3. The molecular weight excluding hydrogens is 274 g/mol. The van der Waals surface area contributed by atoms with E-state index in [1.165, 1.54) is 19.1 Å². The van der Waals surface area contributed by atoms with Crippen LogP contribution >= 0.6 is 0 Å². The van der Waals surface area contributed by atoms with Crippen molar-refractivity contribution in [3.63, 3.8) is 0 Å². The van der Waals surface area contributed by atoms with E-state index >= 15 is 0 Å². The van der Waals surface area contributed by atoms with Crippen LogP contribution in [0.4, 0.5) is 5.69 Å². The van der Waals surface area contributed by atoms with Crippen LogP contribution in [0.3, 0.4) is 0 Å². The summed E-state index contributed by atoms with van der Waals surface area (Å²) in [6.07, 6.45) is 0. The van der Waals surface area contributed by atoms with Gasteiger partial charge in [0.05, 0.1) is 4.90 Å². The van der Waals surface area contributed by atoms with Crippen molar-refractivity contribution in [1.29, 1.82) is 0 Å². The van der Waals surface area contributed by atoms with E-state index in [9.17, 15) is 13.2 Å². The van der Waals surface area contributed by atoms with Gasteiger partial charge in [-0.25, -0.2) is 8.42 Å². The van der Waals surface area contributed by atoms with Crippen LogP contribution in [0, 0.1) is 6.92 Å². The monoisotopic (exact) mass is 289 g/mol. The van der Waals surface area contributed by atoms with Crippen LogP contribution < -0.4 is 4.72 Å². The maximum Gasteiger partial charge on any atom is 0.261 e. The summed E-state index contributed by atoms with van der Waals surface area (Å²) in [7, 11) is -3.69. The van der Waals surface area contributed by atoms with Crippen LogP contribution in [0.5, 0.6) is 0 Å². The number of carbonyl (C=O) groups is 1. The Hall–Kier alpha value is -2.14. The van der Waals surface area contributed by atoms with Crippen LogP contribution in [-0.2, 0) is 10.0 Å². The van der Waals surface area contributed by atoms with Crippen molar-refractivity contribution in [3.8, 4) is 0 Å². The van der Waals surface area contributed by atoms with E-state index in [0.717, 1.165) is 5.56 Å². The normalized spacial score (nSPS) is 11.1. The zero-order valence-corrected chi connectivity index (χ0v) is 12.1. The largest absolute Gasteiger partial charge is 0.295 e. The Kier molecular flexibility index (Phi) is 3.90. The molecule has 0 aromatic heterocycles. The fraction of sp³-hybridized carbons (Fsp3) is 0.133. The SMILES string of the molecule is CC(=O)c1cccc(S(=O)(=O)Nc2cccc(C)c2)c1. The summed E-state index contributed by atoms with van der Waals surface area (Å²) in [5.74, 6) is -0.169. The molecule has 0 radical (unpaired) electrons. The van der Waals surface area contributed by atoms with Crippen LogP contribution in [0.15, 0.2) is 53.4 Å². The van der Waals surface area contributed by atoms with E-state index in [-0.39, 0.29) is 10.7 Å². The highest BCUT2D eigenvalue weighted by Crippen LogP contribution is 2.18. The zero-order chi connectivity index (χ0) is 14.8. The van der Waals surface area contributed by atoms with Gasteiger partial charge in [0.15, 0.2) is 5.78 Å². The van der Waals surface area contributed by atoms with Gasteiger partial charge in [0.1, 0.15) is 0 Å². The lowest BCUT2D eigenvalue weighted by Gasteiger charge is -2.09. The van der Waals surface area contributed by atoms with E-state index in [0.29, 0.717) is 11.3 Å². The Morgan fingerprint density at radius 1 is 1.05 bits per heavy atom. The second kappa shape index (κ2) is 5.46. The number of sulfonamides is 1. The number of hydrogen-bond donors (Lipinski definition) is 1. The highest BCUT2D eigenvalue weighted by atomic mass is 32.2.